The van der Waals surface area contributed by atoms with Crippen LogP contribution in [0.4, 0.5) is 0 Å². The molecule has 2 heterocycles. The van der Waals surface area contributed by atoms with Gasteiger partial charge in [0.2, 0.25) is 15.9 Å². The Morgan fingerprint density at radius 2 is 1.83 bits per heavy atom. The average Bonchev–Trinajstić information content (AvgIpc) is 3.06. The van der Waals surface area contributed by atoms with Crippen LogP contribution >= 0.6 is 0 Å². The number of rotatable bonds is 4. The fourth-order valence-corrected chi connectivity index (χ4v) is 5.05. The zero-order valence-corrected chi connectivity index (χ0v) is 14.0. The molecule has 126 valence electrons. The second-order valence-electron chi connectivity index (χ2n) is 6.09. The monoisotopic (exact) mass is 337 g/mol. The first-order chi connectivity index (χ1) is 11.1. The van der Waals surface area contributed by atoms with Crippen molar-refractivity contribution in [3.8, 4) is 0 Å². The fourth-order valence-electron chi connectivity index (χ4n) is 3.28. The summed E-state index contributed by atoms with van der Waals surface area (Å²) in [5.41, 5.74) is 0.757. The number of hydrogen-bond donors (Lipinski definition) is 1. The van der Waals surface area contributed by atoms with Crippen LogP contribution in [0.5, 0.6) is 0 Å². The largest absolute Gasteiger partial charge is 0.339 e. The molecule has 0 bridgehead atoms. The first-order valence-electron chi connectivity index (χ1n) is 8.11. The number of nitrogens with zero attached hydrogens (tertiary/aromatic N) is 2. The molecule has 1 aromatic rings. The number of carbonyl (C=O) groups excluding carboxylic acids is 1. The van der Waals surface area contributed by atoms with Gasteiger partial charge in [-0.15, -0.1) is 0 Å². The highest BCUT2D eigenvalue weighted by molar-refractivity contribution is 7.88. The van der Waals surface area contributed by atoms with E-state index in [9.17, 15) is 13.2 Å². The van der Waals surface area contributed by atoms with E-state index < -0.39 is 16.1 Å². The normalized spacial score (nSPS) is 23.1. The van der Waals surface area contributed by atoms with Crippen molar-refractivity contribution in [1.29, 1.82) is 0 Å². The van der Waals surface area contributed by atoms with Crippen molar-refractivity contribution in [2.24, 2.45) is 0 Å². The SMILES string of the molecule is O=C(C1CCCN1S(=O)(=O)Cc1ccccc1)N1CCNCC1. The lowest BCUT2D eigenvalue weighted by Gasteiger charge is -2.32. The number of carbonyl (C=O) groups is 1. The van der Waals surface area contributed by atoms with E-state index in [1.807, 2.05) is 18.2 Å². The summed E-state index contributed by atoms with van der Waals surface area (Å²) < 4.78 is 26.9. The third kappa shape index (κ3) is 3.73. The maximum absolute atomic E-state index is 12.7. The summed E-state index contributed by atoms with van der Waals surface area (Å²) in [6.45, 7) is 3.30. The molecule has 0 aromatic heterocycles. The van der Waals surface area contributed by atoms with Crippen LogP contribution in [0, 0.1) is 0 Å². The molecule has 2 aliphatic heterocycles. The van der Waals surface area contributed by atoms with E-state index in [4.69, 9.17) is 0 Å². The minimum atomic E-state index is -3.48. The Labute approximate surface area is 137 Å². The smallest absolute Gasteiger partial charge is 0.241 e. The predicted molar refractivity (Wildman–Crippen MR) is 88.2 cm³/mol. The summed E-state index contributed by atoms with van der Waals surface area (Å²) in [6.07, 6.45) is 1.37. The lowest BCUT2D eigenvalue weighted by Crippen LogP contribution is -2.53. The number of amides is 1. The minimum absolute atomic E-state index is 0.0411. The van der Waals surface area contributed by atoms with Crippen molar-refractivity contribution in [3.05, 3.63) is 35.9 Å². The Kier molecular flexibility index (Phi) is 4.99. The first-order valence-corrected chi connectivity index (χ1v) is 9.72. The van der Waals surface area contributed by atoms with Gasteiger partial charge in [0, 0.05) is 32.7 Å². The Morgan fingerprint density at radius 3 is 2.52 bits per heavy atom. The van der Waals surface area contributed by atoms with Gasteiger partial charge in [0.1, 0.15) is 6.04 Å². The van der Waals surface area contributed by atoms with Crippen molar-refractivity contribution in [2.75, 3.05) is 32.7 Å². The van der Waals surface area contributed by atoms with E-state index >= 15 is 0 Å². The quantitative estimate of drug-likeness (QED) is 0.864. The van der Waals surface area contributed by atoms with Gasteiger partial charge >= 0.3 is 0 Å². The molecule has 0 aliphatic carbocycles. The number of hydrogen-bond acceptors (Lipinski definition) is 4. The Morgan fingerprint density at radius 1 is 1.13 bits per heavy atom. The highest BCUT2D eigenvalue weighted by atomic mass is 32.2. The Bertz CT molecular complexity index is 642. The molecule has 1 N–H and O–H groups in total. The molecule has 1 aromatic carbocycles. The molecule has 0 radical (unpaired) electrons. The van der Waals surface area contributed by atoms with Gasteiger partial charge in [-0.25, -0.2) is 8.42 Å². The average molecular weight is 337 g/mol. The van der Waals surface area contributed by atoms with Crippen LogP contribution in [-0.4, -0.2) is 62.3 Å². The summed E-state index contributed by atoms with van der Waals surface area (Å²) in [5, 5.41) is 3.21. The summed E-state index contributed by atoms with van der Waals surface area (Å²) in [7, 11) is -3.48. The van der Waals surface area contributed by atoms with Crippen molar-refractivity contribution < 1.29 is 13.2 Å². The van der Waals surface area contributed by atoms with Crippen molar-refractivity contribution >= 4 is 15.9 Å². The summed E-state index contributed by atoms with van der Waals surface area (Å²) in [5.74, 6) is -0.0836. The molecular formula is C16H23N3O3S. The van der Waals surface area contributed by atoms with E-state index in [0.717, 1.165) is 25.1 Å². The van der Waals surface area contributed by atoms with Crippen LogP contribution in [0.1, 0.15) is 18.4 Å². The van der Waals surface area contributed by atoms with Crippen LogP contribution in [0.2, 0.25) is 0 Å². The van der Waals surface area contributed by atoms with Gasteiger partial charge in [0.25, 0.3) is 0 Å². The highest BCUT2D eigenvalue weighted by Gasteiger charge is 2.40. The van der Waals surface area contributed by atoms with Crippen LogP contribution in [0.15, 0.2) is 30.3 Å². The third-order valence-corrected chi connectivity index (χ3v) is 6.32. The molecule has 0 saturated carbocycles. The summed E-state index contributed by atoms with van der Waals surface area (Å²) >= 11 is 0. The summed E-state index contributed by atoms with van der Waals surface area (Å²) in [4.78, 5) is 14.5. The van der Waals surface area contributed by atoms with Crippen LogP contribution in [0.25, 0.3) is 0 Å². The van der Waals surface area contributed by atoms with Crippen molar-refractivity contribution in [1.82, 2.24) is 14.5 Å². The zero-order valence-electron chi connectivity index (χ0n) is 13.1. The Balaban J connectivity index is 1.73. The molecule has 0 spiro atoms. The number of benzene rings is 1. The van der Waals surface area contributed by atoms with E-state index in [1.165, 1.54) is 4.31 Å². The van der Waals surface area contributed by atoms with E-state index in [1.54, 1.807) is 17.0 Å². The standard InChI is InChI=1S/C16H23N3O3S/c20-16(18-11-8-17-9-12-18)15-7-4-10-19(15)23(21,22)13-14-5-2-1-3-6-14/h1-3,5-6,15,17H,4,7-13H2. The molecule has 3 rings (SSSR count). The Hall–Kier alpha value is -1.44. The predicted octanol–water partition coefficient (Wildman–Crippen LogP) is 0.413. The summed E-state index contributed by atoms with van der Waals surface area (Å²) in [6, 6.07) is 8.61. The third-order valence-electron chi connectivity index (χ3n) is 4.47. The molecular weight excluding hydrogens is 314 g/mol. The molecule has 1 atom stereocenters. The molecule has 2 saturated heterocycles. The van der Waals surface area contributed by atoms with Crippen LogP contribution in [-0.2, 0) is 20.6 Å². The molecule has 23 heavy (non-hydrogen) atoms. The van der Waals surface area contributed by atoms with Crippen LogP contribution < -0.4 is 5.32 Å². The van der Waals surface area contributed by atoms with Gasteiger partial charge in [-0.3, -0.25) is 4.79 Å². The van der Waals surface area contributed by atoms with Gasteiger partial charge in [0.15, 0.2) is 0 Å². The van der Waals surface area contributed by atoms with Crippen molar-refractivity contribution in [2.45, 2.75) is 24.6 Å². The fraction of sp³-hybridized carbons (Fsp3) is 0.562. The number of sulfonamides is 1. The van der Waals surface area contributed by atoms with E-state index in [2.05, 4.69) is 5.32 Å². The lowest BCUT2D eigenvalue weighted by atomic mass is 10.2. The number of piperazine rings is 1. The molecule has 1 amide bonds. The molecule has 2 aliphatic rings. The van der Waals surface area contributed by atoms with Crippen LogP contribution in [0.3, 0.4) is 0 Å². The molecule has 7 heteroatoms. The van der Waals surface area contributed by atoms with Gasteiger partial charge in [0.05, 0.1) is 5.75 Å². The second kappa shape index (κ2) is 6.98. The van der Waals surface area contributed by atoms with E-state index in [0.29, 0.717) is 26.1 Å². The minimum Gasteiger partial charge on any atom is -0.339 e. The maximum atomic E-state index is 12.7. The molecule has 6 nitrogen and oxygen atoms in total. The topological polar surface area (TPSA) is 69.7 Å². The van der Waals surface area contributed by atoms with Gasteiger partial charge in [-0.1, -0.05) is 30.3 Å². The molecule has 1 unspecified atom stereocenters. The zero-order chi connectivity index (χ0) is 16.3. The van der Waals surface area contributed by atoms with Gasteiger partial charge < -0.3 is 10.2 Å². The lowest BCUT2D eigenvalue weighted by molar-refractivity contribution is -0.135. The van der Waals surface area contributed by atoms with Gasteiger partial charge in [-0.05, 0) is 18.4 Å². The van der Waals surface area contributed by atoms with Gasteiger partial charge in [-0.2, -0.15) is 4.31 Å². The molecule has 2 fully saturated rings. The first kappa shape index (κ1) is 16.4. The maximum Gasteiger partial charge on any atom is 0.241 e. The number of nitrogens with one attached hydrogen (secondary N) is 1. The van der Waals surface area contributed by atoms with Crippen molar-refractivity contribution in [3.63, 3.8) is 0 Å². The highest BCUT2D eigenvalue weighted by Crippen LogP contribution is 2.25. The van der Waals surface area contributed by atoms with E-state index in [-0.39, 0.29) is 11.7 Å². The second-order valence-corrected chi connectivity index (χ2v) is 8.01.